The summed E-state index contributed by atoms with van der Waals surface area (Å²) in [5.74, 6) is 0. The molecule has 2 rings (SSSR count). The van der Waals surface area contributed by atoms with E-state index in [1.54, 1.807) is 24.3 Å². The Kier molecular flexibility index (Phi) is 4.62. The lowest BCUT2D eigenvalue weighted by Crippen LogP contribution is -2.07. The van der Waals surface area contributed by atoms with Gasteiger partial charge in [-0.2, -0.15) is 8.42 Å². The summed E-state index contributed by atoms with van der Waals surface area (Å²) in [6.07, 6.45) is 0. The van der Waals surface area contributed by atoms with E-state index in [1.807, 2.05) is 32.0 Å². The number of rotatable bonds is 4. The SMILES string of the molecule is Cc1ccc(S(=O)(=O)OCc2cc(Br)ccc2C)cc1. The Morgan fingerprint density at radius 2 is 1.70 bits per heavy atom. The van der Waals surface area contributed by atoms with Crippen LogP contribution in [0.3, 0.4) is 0 Å². The van der Waals surface area contributed by atoms with Gasteiger partial charge in [-0.3, -0.25) is 4.18 Å². The minimum Gasteiger partial charge on any atom is -0.262 e. The molecule has 0 fully saturated rings. The smallest absolute Gasteiger partial charge is 0.262 e. The lowest BCUT2D eigenvalue weighted by atomic mass is 10.1. The Hall–Kier alpha value is -1.17. The molecule has 0 N–H and O–H groups in total. The Morgan fingerprint density at radius 3 is 2.35 bits per heavy atom. The zero-order valence-corrected chi connectivity index (χ0v) is 13.7. The summed E-state index contributed by atoms with van der Waals surface area (Å²) in [5, 5.41) is 0. The third-order valence-corrected chi connectivity index (χ3v) is 4.76. The van der Waals surface area contributed by atoms with Gasteiger partial charge in [0.05, 0.1) is 11.5 Å². The van der Waals surface area contributed by atoms with Crippen LogP contribution >= 0.6 is 15.9 Å². The van der Waals surface area contributed by atoms with Crippen LogP contribution in [-0.2, 0) is 20.9 Å². The molecule has 0 heterocycles. The van der Waals surface area contributed by atoms with Crippen molar-refractivity contribution in [3.8, 4) is 0 Å². The number of benzene rings is 2. The Morgan fingerprint density at radius 1 is 1.05 bits per heavy atom. The first-order chi connectivity index (χ1) is 9.38. The molecule has 0 aliphatic carbocycles. The van der Waals surface area contributed by atoms with Gasteiger partial charge in [0.1, 0.15) is 0 Å². The molecule has 0 bridgehead atoms. The van der Waals surface area contributed by atoms with Gasteiger partial charge in [-0.05, 0) is 49.2 Å². The van der Waals surface area contributed by atoms with Crippen molar-refractivity contribution < 1.29 is 12.6 Å². The minimum atomic E-state index is -3.72. The van der Waals surface area contributed by atoms with Crippen LogP contribution in [0.4, 0.5) is 0 Å². The average molecular weight is 355 g/mol. The molecule has 0 unspecified atom stereocenters. The summed E-state index contributed by atoms with van der Waals surface area (Å²) in [7, 11) is -3.72. The van der Waals surface area contributed by atoms with E-state index in [0.29, 0.717) is 0 Å². The maximum Gasteiger partial charge on any atom is 0.297 e. The van der Waals surface area contributed by atoms with Crippen molar-refractivity contribution in [2.75, 3.05) is 0 Å². The maximum absolute atomic E-state index is 12.1. The van der Waals surface area contributed by atoms with Gasteiger partial charge in [0.25, 0.3) is 10.1 Å². The molecule has 0 aromatic heterocycles. The van der Waals surface area contributed by atoms with E-state index in [9.17, 15) is 8.42 Å². The highest BCUT2D eigenvalue weighted by Gasteiger charge is 2.15. The van der Waals surface area contributed by atoms with Crippen molar-refractivity contribution in [3.63, 3.8) is 0 Å². The van der Waals surface area contributed by atoms with Gasteiger partial charge in [0.2, 0.25) is 0 Å². The van der Waals surface area contributed by atoms with Crippen LogP contribution in [0.5, 0.6) is 0 Å². The van der Waals surface area contributed by atoms with Gasteiger partial charge in [-0.1, -0.05) is 39.7 Å². The van der Waals surface area contributed by atoms with Crippen LogP contribution in [-0.4, -0.2) is 8.42 Å². The molecule has 5 heteroatoms. The van der Waals surface area contributed by atoms with Gasteiger partial charge in [-0.25, -0.2) is 0 Å². The van der Waals surface area contributed by atoms with Crippen molar-refractivity contribution in [2.45, 2.75) is 25.3 Å². The summed E-state index contributed by atoms with van der Waals surface area (Å²) in [5.41, 5.74) is 2.84. The summed E-state index contributed by atoms with van der Waals surface area (Å²) >= 11 is 3.36. The predicted molar refractivity (Wildman–Crippen MR) is 82.0 cm³/mol. The van der Waals surface area contributed by atoms with E-state index in [1.165, 1.54) is 0 Å². The zero-order chi connectivity index (χ0) is 14.8. The standard InChI is InChI=1S/C15H15BrO3S/c1-11-3-7-15(8-4-11)20(17,18)19-10-13-9-14(16)6-5-12(13)2/h3-9H,10H2,1-2H3. The van der Waals surface area contributed by atoms with Gasteiger partial charge < -0.3 is 0 Å². The van der Waals surface area contributed by atoms with Gasteiger partial charge in [-0.15, -0.1) is 0 Å². The van der Waals surface area contributed by atoms with Crippen molar-refractivity contribution in [1.82, 2.24) is 0 Å². The number of halogens is 1. The fourth-order valence-corrected chi connectivity index (χ4v) is 3.01. The Labute approximate surface area is 127 Å². The zero-order valence-electron chi connectivity index (χ0n) is 11.3. The number of hydrogen-bond donors (Lipinski definition) is 0. The third kappa shape index (κ3) is 3.69. The van der Waals surface area contributed by atoms with E-state index in [0.717, 1.165) is 21.2 Å². The summed E-state index contributed by atoms with van der Waals surface area (Å²) in [6.45, 7) is 3.85. The topological polar surface area (TPSA) is 43.4 Å². The molecule has 0 amide bonds. The number of aryl methyl sites for hydroxylation is 2. The highest BCUT2D eigenvalue weighted by molar-refractivity contribution is 9.10. The van der Waals surface area contributed by atoms with Gasteiger partial charge in [0.15, 0.2) is 0 Å². The molecular formula is C15H15BrO3S. The second kappa shape index (κ2) is 6.08. The normalized spacial score (nSPS) is 11.6. The monoisotopic (exact) mass is 354 g/mol. The second-order valence-electron chi connectivity index (χ2n) is 4.60. The molecule has 0 atom stereocenters. The first-order valence-electron chi connectivity index (χ1n) is 6.09. The van der Waals surface area contributed by atoms with Crippen LogP contribution in [0.2, 0.25) is 0 Å². The van der Waals surface area contributed by atoms with Crippen LogP contribution in [0.15, 0.2) is 51.8 Å². The summed E-state index contributed by atoms with van der Waals surface area (Å²) in [4.78, 5) is 0.177. The lowest BCUT2D eigenvalue weighted by molar-refractivity contribution is 0.307. The minimum absolute atomic E-state index is 0.0292. The summed E-state index contributed by atoms with van der Waals surface area (Å²) < 4.78 is 30.2. The number of hydrogen-bond acceptors (Lipinski definition) is 3. The Balaban J connectivity index is 2.17. The molecule has 0 aliphatic rings. The van der Waals surface area contributed by atoms with Crippen molar-refractivity contribution in [2.24, 2.45) is 0 Å². The second-order valence-corrected chi connectivity index (χ2v) is 7.13. The first-order valence-corrected chi connectivity index (χ1v) is 8.30. The highest BCUT2D eigenvalue weighted by atomic mass is 79.9. The largest absolute Gasteiger partial charge is 0.297 e. The summed E-state index contributed by atoms with van der Waals surface area (Å²) in [6, 6.07) is 12.3. The molecule has 20 heavy (non-hydrogen) atoms. The fraction of sp³-hybridized carbons (Fsp3) is 0.200. The lowest BCUT2D eigenvalue weighted by Gasteiger charge is -2.08. The van der Waals surface area contributed by atoms with Gasteiger partial charge >= 0.3 is 0 Å². The highest BCUT2D eigenvalue weighted by Crippen LogP contribution is 2.20. The Bertz CT molecular complexity index is 706. The third-order valence-electron chi connectivity index (χ3n) is 2.99. The maximum atomic E-state index is 12.1. The first kappa shape index (κ1) is 15.2. The molecule has 2 aromatic carbocycles. The molecule has 0 aliphatic heterocycles. The molecule has 0 saturated carbocycles. The van der Waals surface area contributed by atoms with Crippen LogP contribution in [0.25, 0.3) is 0 Å². The molecule has 0 spiro atoms. The predicted octanol–water partition coefficient (Wildman–Crippen LogP) is 3.97. The molecule has 0 radical (unpaired) electrons. The van der Waals surface area contributed by atoms with E-state index in [2.05, 4.69) is 15.9 Å². The molecule has 0 saturated heterocycles. The molecule has 2 aromatic rings. The van der Waals surface area contributed by atoms with Crippen molar-refractivity contribution in [3.05, 3.63) is 63.6 Å². The molecule has 106 valence electrons. The fourth-order valence-electron chi connectivity index (χ4n) is 1.71. The van der Waals surface area contributed by atoms with E-state index < -0.39 is 10.1 Å². The quantitative estimate of drug-likeness (QED) is 0.780. The van der Waals surface area contributed by atoms with Gasteiger partial charge in [0, 0.05) is 4.47 Å². The van der Waals surface area contributed by atoms with Crippen molar-refractivity contribution in [1.29, 1.82) is 0 Å². The van der Waals surface area contributed by atoms with Crippen LogP contribution in [0.1, 0.15) is 16.7 Å². The van der Waals surface area contributed by atoms with Crippen molar-refractivity contribution >= 4 is 26.0 Å². The average Bonchev–Trinajstić information content (AvgIpc) is 2.40. The van der Waals surface area contributed by atoms with E-state index >= 15 is 0 Å². The van der Waals surface area contributed by atoms with Crippen LogP contribution < -0.4 is 0 Å². The molecular weight excluding hydrogens is 340 g/mol. The molecule has 3 nitrogen and oxygen atoms in total. The van der Waals surface area contributed by atoms with Crippen LogP contribution in [0, 0.1) is 13.8 Å². The van der Waals surface area contributed by atoms with E-state index in [-0.39, 0.29) is 11.5 Å². The van der Waals surface area contributed by atoms with E-state index in [4.69, 9.17) is 4.18 Å².